The zero-order chi connectivity index (χ0) is 10.4. The molecule has 0 unspecified atom stereocenters. The molecule has 1 N–H and O–H groups in total. The van der Waals surface area contributed by atoms with E-state index >= 15 is 0 Å². The largest absolute Gasteiger partial charge is 0.478 e. The number of pyridine rings is 1. The van der Waals surface area contributed by atoms with Gasteiger partial charge in [-0.25, -0.2) is 4.79 Å². The average molecular weight is 189 g/mol. The fourth-order valence-electron chi connectivity index (χ4n) is 0.967. The first-order valence-corrected chi connectivity index (χ1v) is 4.18. The number of nitrogens with zero attached hydrogens (tertiary/aromatic N) is 1. The van der Waals surface area contributed by atoms with E-state index in [0.29, 0.717) is 0 Å². The molecule has 1 rings (SSSR count). The fraction of sp³-hybridized carbons (Fsp3) is 0.0909. The highest BCUT2D eigenvalue weighted by Crippen LogP contribution is 2.10. The van der Waals surface area contributed by atoms with Crippen molar-refractivity contribution < 1.29 is 9.90 Å². The second kappa shape index (κ2) is 4.97. The second-order valence-corrected chi connectivity index (χ2v) is 2.79. The normalized spacial score (nSPS) is 11.9. The number of allylic oxidation sites excluding steroid dienone is 3. The van der Waals surface area contributed by atoms with Crippen molar-refractivity contribution in [1.29, 1.82) is 0 Å². The van der Waals surface area contributed by atoms with Crippen molar-refractivity contribution in [3.05, 3.63) is 48.3 Å². The first-order chi connectivity index (χ1) is 6.70. The predicted octanol–water partition coefficient (Wildman–Crippen LogP) is 2.13. The minimum atomic E-state index is -0.944. The first-order valence-electron chi connectivity index (χ1n) is 4.18. The van der Waals surface area contributed by atoms with Gasteiger partial charge in [-0.15, -0.1) is 0 Å². The Kier molecular flexibility index (Phi) is 3.61. The highest BCUT2D eigenvalue weighted by molar-refractivity contribution is 5.80. The van der Waals surface area contributed by atoms with Crippen molar-refractivity contribution in [3.63, 3.8) is 0 Å². The minimum Gasteiger partial charge on any atom is -0.478 e. The maximum atomic E-state index is 10.2. The Morgan fingerprint density at radius 1 is 1.57 bits per heavy atom. The number of carboxylic acids is 1. The molecule has 3 heteroatoms. The van der Waals surface area contributed by atoms with Crippen LogP contribution >= 0.6 is 0 Å². The topological polar surface area (TPSA) is 50.2 Å². The molecule has 0 aromatic carbocycles. The van der Waals surface area contributed by atoms with Crippen molar-refractivity contribution >= 4 is 11.5 Å². The molecule has 0 amide bonds. The second-order valence-electron chi connectivity index (χ2n) is 2.79. The van der Waals surface area contributed by atoms with Crippen LogP contribution in [0.3, 0.4) is 0 Å². The zero-order valence-electron chi connectivity index (χ0n) is 7.84. The van der Waals surface area contributed by atoms with Crippen molar-refractivity contribution in [2.75, 3.05) is 0 Å². The van der Waals surface area contributed by atoms with E-state index in [1.54, 1.807) is 18.5 Å². The van der Waals surface area contributed by atoms with Crippen LogP contribution in [-0.4, -0.2) is 16.1 Å². The van der Waals surface area contributed by atoms with E-state index in [2.05, 4.69) is 4.98 Å². The molecule has 1 heterocycles. The molecular weight excluding hydrogens is 178 g/mol. The van der Waals surface area contributed by atoms with E-state index < -0.39 is 5.97 Å². The van der Waals surface area contributed by atoms with Crippen LogP contribution in [-0.2, 0) is 4.79 Å². The number of rotatable bonds is 3. The van der Waals surface area contributed by atoms with E-state index in [1.807, 2.05) is 19.1 Å². The van der Waals surface area contributed by atoms with Gasteiger partial charge in [0.15, 0.2) is 0 Å². The lowest BCUT2D eigenvalue weighted by atomic mass is 10.1. The highest BCUT2D eigenvalue weighted by Gasteiger charge is 1.92. The molecule has 0 saturated heterocycles. The molecule has 72 valence electrons. The Labute approximate surface area is 82.4 Å². The van der Waals surface area contributed by atoms with Crippen LogP contribution in [0.2, 0.25) is 0 Å². The highest BCUT2D eigenvalue weighted by atomic mass is 16.4. The summed E-state index contributed by atoms with van der Waals surface area (Å²) in [6.07, 6.45) is 7.78. The zero-order valence-corrected chi connectivity index (χ0v) is 7.84. The van der Waals surface area contributed by atoms with Gasteiger partial charge in [0, 0.05) is 18.5 Å². The van der Waals surface area contributed by atoms with Crippen LogP contribution in [0.5, 0.6) is 0 Å². The summed E-state index contributed by atoms with van der Waals surface area (Å²) in [6.45, 7) is 1.91. The van der Waals surface area contributed by atoms with Gasteiger partial charge in [-0.1, -0.05) is 18.2 Å². The summed E-state index contributed by atoms with van der Waals surface area (Å²) in [7, 11) is 0. The van der Waals surface area contributed by atoms with Gasteiger partial charge in [-0.3, -0.25) is 4.98 Å². The van der Waals surface area contributed by atoms with Crippen LogP contribution in [0.4, 0.5) is 0 Å². The van der Waals surface area contributed by atoms with Gasteiger partial charge in [-0.2, -0.15) is 0 Å². The predicted molar refractivity (Wildman–Crippen MR) is 54.7 cm³/mol. The Morgan fingerprint density at radius 2 is 2.36 bits per heavy atom. The molecule has 0 fully saturated rings. The lowest BCUT2D eigenvalue weighted by Crippen LogP contribution is -1.85. The van der Waals surface area contributed by atoms with Crippen LogP contribution in [0.25, 0.3) is 5.57 Å². The molecule has 1 aromatic rings. The lowest BCUT2D eigenvalue weighted by molar-refractivity contribution is -0.131. The average Bonchev–Trinajstić information content (AvgIpc) is 2.18. The summed E-state index contributed by atoms with van der Waals surface area (Å²) in [5, 5.41) is 8.37. The van der Waals surface area contributed by atoms with Crippen LogP contribution in [0.1, 0.15) is 12.5 Å². The van der Waals surface area contributed by atoms with E-state index in [1.165, 1.54) is 6.08 Å². The van der Waals surface area contributed by atoms with Gasteiger partial charge in [0.2, 0.25) is 0 Å². The third kappa shape index (κ3) is 3.23. The molecule has 14 heavy (non-hydrogen) atoms. The number of carboxylic acid groups (broad SMARTS) is 1. The summed E-state index contributed by atoms with van der Waals surface area (Å²) in [6, 6.07) is 3.76. The molecule has 0 aliphatic carbocycles. The van der Waals surface area contributed by atoms with Crippen LogP contribution < -0.4 is 0 Å². The molecule has 0 bridgehead atoms. The van der Waals surface area contributed by atoms with Crippen molar-refractivity contribution in [3.8, 4) is 0 Å². The molecule has 0 aliphatic rings. The first kappa shape index (κ1) is 10.2. The molecule has 3 nitrogen and oxygen atoms in total. The third-order valence-corrected chi connectivity index (χ3v) is 1.70. The van der Waals surface area contributed by atoms with E-state index in [9.17, 15) is 4.79 Å². The van der Waals surface area contributed by atoms with Gasteiger partial charge in [0.25, 0.3) is 0 Å². The molecule has 1 aromatic heterocycles. The number of hydrogen-bond donors (Lipinski definition) is 1. The van der Waals surface area contributed by atoms with Gasteiger partial charge >= 0.3 is 5.97 Å². The Morgan fingerprint density at radius 3 is 2.93 bits per heavy atom. The Hall–Kier alpha value is -1.90. The summed E-state index contributed by atoms with van der Waals surface area (Å²) in [5.74, 6) is -0.944. The summed E-state index contributed by atoms with van der Waals surface area (Å²) >= 11 is 0. The SMILES string of the molecule is C/C(=C/C=C/C(=O)O)c1cccnc1. The fourth-order valence-corrected chi connectivity index (χ4v) is 0.967. The lowest BCUT2D eigenvalue weighted by Gasteiger charge is -1.97. The van der Waals surface area contributed by atoms with Gasteiger partial charge < -0.3 is 5.11 Å². The maximum Gasteiger partial charge on any atom is 0.328 e. The van der Waals surface area contributed by atoms with Crippen LogP contribution in [0.15, 0.2) is 42.8 Å². The number of aliphatic carboxylic acids is 1. The minimum absolute atomic E-state index is 0.944. The van der Waals surface area contributed by atoms with Crippen molar-refractivity contribution in [2.45, 2.75) is 6.92 Å². The molecule has 0 radical (unpaired) electrons. The standard InChI is InChI=1S/C11H11NO2/c1-9(4-2-6-11(13)14)10-5-3-7-12-8-10/h2-8H,1H3,(H,13,14)/b6-2+,9-4-. The number of aromatic nitrogens is 1. The van der Waals surface area contributed by atoms with Gasteiger partial charge in [0.1, 0.15) is 0 Å². The monoisotopic (exact) mass is 189 g/mol. The summed E-state index contributed by atoms with van der Waals surface area (Å²) < 4.78 is 0. The number of hydrogen-bond acceptors (Lipinski definition) is 2. The summed E-state index contributed by atoms with van der Waals surface area (Å²) in [5.41, 5.74) is 1.97. The van der Waals surface area contributed by atoms with Crippen molar-refractivity contribution in [2.24, 2.45) is 0 Å². The van der Waals surface area contributed by atoms with E-state index in [-0.39, 0.29) is 0 Å². The molecule has 0 aliphatic heterocycles. The van der Waals surface area contributed by atoms with Crippen LogP contribution in [0, 0.1) is 0 Å². The third-order valence-electron chi connectivity index (χ3n) is 1.70. The van der Waals surface area contributed by atoms with Gasteiger partial charge in [0.05, 0.1) is 0 Å². The van der Waals surface area contributed by atoms with Gasteiger partial charge in [-0.05, 0) is 24.1 Å². The van der Waals surface area contributed by atoms with E-state index in [0.717, 1.165) is 17.2 Å². The quantitative estimate of drug-likeness (QED) is 0.585. The Balaban J connectivity index is 2.75. The molecule has 0 saturated carbocycles. The molecule has 0 atom stereocenters. The summed E-state index contributed by atoms with van der Waals surface area (Å²) in [4.78, 5) is 14.2. The van der Waals surface area contributed by atoms with E-state index in [4.69, 9.17) is 5.11 Å². The molecular formula is C11H11NO2. The van der Waals surface area contributed by atoms with Crippen molar-refractivity contribution in [1.82, 2.24) is 4.98 Å². The maximum absolute atomic E-state index is 10.2. The number of carbonyl (C=O) groups is 1. The molecule has 0 spiro atoms. The Bertz CT molecular complexity index is 366. The smallest absolute Gasteiger partial charge is 0.328 e.